The Kier molecular flexibility index (Phi) is 4.87. The zero-order chi connectivity index (χ0) is 14.2. The van der Waals surface area contributed by atoms with Gasteiger partial charge in [0.25, 0.3) is 0 Å². The molecule has 6 nitrogen and oxygen atoms in total. The molecular weight excluding hydrogens is 254 g/mol. The van der Waals surface area contributed by atoms with Crippen LogP contribution in [0.5, 0.6) is 0 Å². The third-order valence-corrected chi connectivity index (χ3v) is 2.56. The van der Waals surface area contributed by atoms with Crippen LogP contribution in [-0.2, 0) is 4.74 Å². The van der Waals surface area contributed by atoms with Gasteiger partial charge >= 0.3 is 0 Å². The summed E-state index contributed by atoms with van der Waals surface area (Å²) in [7, 11) is 1.64. The van der Waals surface area contributed by atoms with E-state index >= 15 is 0 Å². The molecule has 6 heteroatoms. The van der Waals surface area contributed by atoms with E-state index in [1.807, 2.05) is 18.2 Å². The number of rotatable bonds is 6. The summed E-state index contributed by atoms with van der Waals surface area (Å²) in [5.41, 5.74) is 1.29. The van der Waals surface area contributed by atoms with Crippen LogP contribution < -0.4 is 10.6 Å². The lowest BCUT2D eigenvalue weighted by Gasteiger charge is -2.09. The molecule has 1 heterocycles. The Balaban J connectivity index is 2.10. The van der Waals surface area contributed by atoms with Gasteiger partial charge in [0.2, 0.25) is 5.95 Å². The van der Waals surface area contributed by atoms with E-state index in [0.717, 1.165) is 5.69 Å². The van der Waals surface area contributed by atoms with Crippen molar-refractivity contribution in [3.8, 4) is 6.07 Å². The normalized spacial score (nSPS) is 9.80. The van der Waals surface area contributed by atoms with Gasteiger partial charge in [-0.05, 0) is 18.2 Å². The molecule has 2 aromatic rings. The largest absolute Gasteiger partial charge is 0.383 e. The van der Waals surface area contributed by atoms with Crippen LogP contribution in [0.2, 0.25) is 0 Å². The summed E-state index contributed by atoms with van der Waals surface area (Å²) < 4.78 is 4.95. The molecule has 0 fully saturated rings. The minimum atomic E-state index is 0.515. The summed E-state index contributed by atoms with van der Waals surface area (Å²) in [5.74, 6) is 1.14. The molecule has 1 aromatic carbocycles. The third-order valence-electron chi connectivity index (χ3n) is 2.56. The van der Waals surface area contributed by atoms with Crippen molar-refractivity contribution in [1.82, 2.24) is 9.97 Å². The van der Waals surface area contributed by atoms with Crippen LogP contribution in [0, 0.1) is 11.3 Å². The lowest BCUT2D eigenvalue weighted by molar-refractivity contribution is 0.210. The smallest absolute Gasteiger partial charge is 0.224 e. The Hall–Kier alpha value is -2.65. The number of aromatic nitrogens is 2. The van der Waals surface area contributed by atoms with Crippen LogP contribution in [0.15, 0.2) is 36.5 Å². The van der Waals surface area contributed by atoms with Gasteiger partial charge in [-0.3, -0.25) is 0 Å². The maximum absolute atomic E-state index is 9.05. The molecule has 102 valence electrons. The van der Waals surface area contributed by atoms with Crippen LogP contribution >= 0.6 is 0 Å². The van der Waals surface area contributed by atoms with Crippen molar-refractivity contribution in [3.05, 3.63) is 42.1 Å². The summed E-state index contributed by atoms with van der Waals surface area (Å²) in [6.45, 7) is 1.22. The van der Waals surface area contributed by atoms with Gasteiger partial charge < -0.3 is 15.4 Å². The minimum Gasteiger partial charge on any atom is -0.383 e. The Morgan fingerprint density at radius 2 is 2.15 bits per heavy atom. The summed E-state index contributed by atoms with van der Waals surface area (Å²) >= 11 is 0. The van der Waals surface area contributed by atoms with Gasteiger partial charge in [-0.2, -0.15) is 10.2 Å². The van der Waals surface area contributed by atoms with Gasteiger partial charge in [0, 0.05) is 19.9 Å². The zero-order valence-corrected chi connectivity index (χ0v) is 11.1. The predicted octanol–water partition coefficient (Wildman–Crippen LogP) is 2.15. The molecule has 0 saturated heterocycles. The monoisotopic (exact) mass is 269 g/mol. The van der Waals surface area contributed by atoms with Crippen molar-refractivity contribution in [3.63, 3.8) is 0 Å². The fourth-order valence-corrected chi connectivity index (χ4v) is 1.61. The van der Waals surface area contributed by atoms with E-state index in [4.69, 9.17) is 10.00 Å². The summed E-state index contributed by atoms with van der Waals surface area (Å²) in [6, 6.07) is 11.1. The first-order valence-electron chi connectivity index (χ1n) is 6.15. The van der Waals surface area contributed by atoms with Crippen molar-refractivity contribution < 1.29 is 4.74 Å². The van der Waals surface area contributed by atoms with Crippen LogP contribution in [-0.4, -0.2) is 30.2 Å². The van der Waals surface area contributed by atoms with Crippen molar-refractivity contribution in [2.24, 2.45) is 0 Å². The summed E-state index contributed by atoms with van der Waals surface area (Å²) in [6.07, 6.45) is 1.65. The molecule has 0 aliphatic rings. The standard InChI is InChI=1S/C14H15N5O/c1-20-9-8-17-14-16-7-6-13(19-14)18-12-5-3-2-4-11(12)10-15/h2-7H,8-9H2,1H3,(H2,16,17,18,19). The number of nitrogens with zero attached hydrogens (tertiary/aromatic N) is 3. The second-order valence-electron chi connectivity index (χ2n) is 3.97. The van der Waals surface area contributed by atoms with E-state index in [9.17, 15) is 0 Å². The number of nitrogens with one attached hydrogen (secondary N) is 2. The molecule has 0 bridgehead atoms. The first-order chi connectivity index (χ1) is 9.83. The molecule has 2 N–H and O–H groups in total. The molecule has 0 aliphatic carbocycles. The summed E-state index contributed by atoms with van der Waals surface area (Å²) in [4.78, 5) is 8.43. The molecule has 0 aliphatic heterocycles. The fraction of sp³-hybridized carbons (Fsp3) is 0.214. The van der Waals surface area contributed by atoms with Crippen molar-refractivity contribution >= 4 is 17.5 Å². The van der Waals surface area contributed by atoms with E-state index in [0.29, 0.717) is 30.5 Å². The van der Waals surface area contributed by atoms with E-state index in [1.54, 1.807) is 25.4 Å². The molecule has 2 rings (SSSR count). The molecule has 0 saturated carbocycles. The minimum absolute atomic E-state index is 0.515. The van der Waals surface area contributed by atoms with Gasteiger partial charge in [-0.15, -0.1) is 0 Å². The van der Waals surface area contributed by atoms with Crippen molar-refractivity contribution in [1.29, 1.82) is 5.26 Å². The van der Waals surface area contributed by atoms with Gasteiger partial charge in [0.15, 0.2) is 0 Å². The molecule has 0 radical (unpaired) electrons. The topological polar surface area (TPSA) is 82.9 Å². The van der Waals surface area contributed by atoms with Crippen molar-refractivity contribution in [2.75, 3.05) is 30.9 Å². The quantitative estimate of drug-likeness (QED) is 0.782. The first kappa shape index (κ1) is 13.8. The number of hydrogen-bond acceptors (Lipinski definition) is 6. The van der Waals surface area contributed by atoms with Crippen LogP contribution in [0.3, 0.4) is 0 Å². The lowest BCUT2D eigenvalue weighted by atomic mass is 10.2. The van der Waals surface area contributed by atoms with E-state index in [2.05, 4.69) is 26.7 Å². The molecule has 0 atom stereocenters. The highest BCUT2D eigenvalue weighted by molar-refractivity contribution is 5.64. The Labute approximate surface area is 117 Å². The lowest BCUT2D eigenvalue weighted by Crippen LogP contribution is -2.10. The number of para-hydroxylation sites is 1. The van der Waals surface area contributed by atoms with E-state index < -0.39 is 0 Å². The SMILES string of the molecule is COCCNc1nccc(Nc2ccccc2C#N)n1. The molecule has 0 spiro atoms. The maximum Gasteiger partial charge on any atom is 0.224 e. The van der Waals surface area contributed by atoms with Crippen LogP contribution in [0.1, 0.15) is 5.56 Å². The van der Waals surface area contributed by atoms with Gasteiger partial charge in [0.1, 0.15) is 11.9 Å². The Morgan fingerprint density at radius 3 is 2.95 bits per heavy atom. The van der Waals surface area contributed by atoms with E-state index in [1.165, 1.54) is 0 Å². The van der Waals surface area contributed by atoms with Crippen LogP contribution in [0.25, 0.3) is 0 Å². The number of anilines is 3. The van der Waals surface area contributed by atoms with Crippen LogP contribution in [0.4, 0.5) is 17.5 Å². The maximum atomic E-state index is 9.05. The second-order valence-corrected chi connectivity index (χ2v) is 3.97. The molecular formula is C14H15N5O. The summed E-state index contributed by atoms with van der Waals surface area (Å²) in [5, 5.41) is 15.2. The van der Waals surface area contributed by atoms with E-state index in [-0.39, 0.29) is 0 Å². The zero-order valence-electron chi connectivity index (χ0n) is 11.1. The Bertz CT molecular complexity index is 609. The van der Waals surface area contributed by atoms with Gasteiger partial charge in [-0.25, -0.2) is 4.98 Å². The molecule has 0 unspecified atom stereocenters. The fourth-order valence-electron chi connectivity index (χ4n) is 1.61. The number of ether oxygens (including phenoxy) is 1. The number of nitriles is 1. The highest BCUT2D eigenvalue weighted by atomic mass is 16.5. The highest BCUT2D eigenvalue weighted by Gasteiger charge is 2.03. The Morgan fingerprint density at radius 1 is 1.30 bits per heavy atom. The van der Waals surface area contributed by atoms with Gasteiger partial charge in [-0.1, -0.05) is 12.1 Å². The van der Waals surface area contributed by atoms with Gasteiger partial charge in [0.05, 0.1) is 17.9 Å². The average Bonchev–Trinajstić information content (AvgIpc) is 2.48. The number of methoxy groups -OCH3 is 1. The third kappa shape index (κ3) is 3.67. The molecule has 0 amide bonds. The molecule has 1 aromatic heterocycles. The molecule has 20 heavy (non-hydrogen) atoms. The van der Waals surface area contributed by atoms with Crippen molar-refractivity contribution in [2.45, 2.75) is 0 Å². The predicted molar refractivity (Wildman–Crippen MR) is 76.8 cm³/mol. The average molecular weight is 269 g/mol. The first-order valence-corrected chi connectivity index (χ1v) is 6.15. The number of hydrogen-bond donors (Lipinski definition) is 2. The highest BCUT2D eigenvalue weighted by Crippen LogP contribution is 2.18. The second kappa shape index (κ2) is 7.07. The number of benzene rings is 1.